The number of azo groups is 1. The van der Waals surface area contributed by atoms with Gasteiger partial charge in [0.25, 0.3) is 0 Å². The van der Waals surface area contributed by atoms with Gasteiger partial charge in [0.2, 0.25) is 0 Å². The average Bonchev–Trinajstić information content (AvgIpc) is 2.50. The number of benzene rings is 2. The van der Waals surface area contributed by atoms with Crippen molar-refractivity contribution in [2.75, 3.05) is 0 Å². The first kappa shape index (κ1) is 15.9. The van der Waals surface area contributed by atoms with E-state index in [1.807, 2.05) is 0 Å². The molecule has 0 bridgehead atoms. The molecule has 0 aliphatic heterocycles. The minimum absolute atomic E-state index is 0.222. The smallest absolute Gasteiger partial charge is 0.408 e. The number of ether oxygens (including phenoxy) is 2. The molecule has 22 heavy (non-hydrogen) atoms. The van der Waals surface area contributed by atoms with E-state index in [9.17, 15) is 9.59 Å². The van der Waals surface area contributed by atoms with Gasteiger partial charge in [-0.3, -0.25) is 0 Å². The third-order valence-electron chi connectivity index (χ3n) is 2.25. The highest BCUT2D eigenvalue weighted by Crippen LogP contribution is 2.17. The molecule has 0 aliphatic rings. The minimum Gasteiger partial charge on any atom is -0.408 e. The molecule has 0 saturated heterocycles. The number of hydrogen-bond acceptors (Lipinski definition) is 4. The predicted octanol–water partition coefficient (Wildman–Crippen LogP) is 5.14. The normalized spacial score (nSPS) is 10.5. The van der Waals surface area contributed by atoms with Crippen molar-refractivity contribution in [1.82, 2.24) is 0 Å². The van der Waals surface area contributed by atoms with Gasteiger partial charge in [0.1, 0.15) is 11.5 Å². The standard InChI is InChI=1S/C14H8Cl2N2O4/c15-9-1-5-11(6-2-9)21-13(19)17-18-14(20)22-12-7-3-10(16)4-8-12/h1-8H. The maximum atomic E-state index is 11.4. The van der Waals surface area contributed by atoms with Crippen molar-refractivity contribution in [3.63, 3.8) is 0 Å². The molecule has 0 heterocycles. The molecule has 0 fully saturated rings. The lowest BCUT2D eigenvalue weighted by atomic mass is 10.3. The Labute approximate surface area is 135 Å². The first-order valence-electron chi connectivity index (χ1n) is 5.89. The zero-order chi connectivity index (χ0) is 15.9. The first-order chi connectivity index (χ1) is 10.5. The fraction of sp³-hybridized carbons (Fsp3) is 0. The lowest BCUT2D eigenvalue weighted by molar-refractivity contribution is 0.200. The van der Waals surface area contributed by atoms with E-state index in [4.69, 9.17) is 32.7 Å². The average molecular weight is 339 g/mol. The maximum Gasteiger partial charge on any atom is 0.458 e. The second-order valence-electron chi connectivity index (χ2n) is 3.84. The van der Waals surface area contributed by atoms with Gasteiger partial charge in [0.15, 0.2) is 0 Å². The quantitative estimate of drug-likeness (QED) is 0.710. The summed E-state index contributed by atoms with van der Waals surface area (Å²) in [6, 6.07) is 12.0. The van der Waals surface area contributed by atoms with Crippen LogP contribution in [0.5, 0.6) is 11.5 Å². The van der Waals surface area contributed by atoms with Crippen LogP contribution in [0.2, 0.25) is 10.0 Å². The van der Waals surface area contributed by atoms with Crippen molar-refractivity contribution in [3.8, 4) is 11.5 Å². The topological polar surface area (TPSA) is 77.3 Å². The lowest BCUT2D eigenvalue weighted by Gasteiger charge is -2.00. The Morgan fingerprint density at radius 2 is 1.00 bits per heavy atom. The van der Waals surface area contributed by atoms with Crippen molar-refractivity contribution in [3.05, 3.63) is 58.6 Å². The second kappa shape index (κ2) is 7.53. The molecule has 8 heteroatoms. The van der Waals surface area contributed by atoms with Crippen LogP contribution in [-0.4, -0.2) is 12.2 Å². The summed E-state index contributed by atoms with van der Waals surface area (Å²) >= 11 is 11.4. The summed E-state index contributed by atoms with van der Waals surface area (Å²) in [6.45, 7) is 0. The lowest BCUT2D eigenvalue weighted by Crippen LogP contribution is -2.05. The van der Waals surface area contributed by atoms with Crippen LogP contribution in [0, 0.1) is 0 Å². The van der Waals surface area contributed by atoms with E-state index >= 15 is 0 Å². The van der Waals surface area contributed by atoms with Gasteiger partial charge in [-0.25, -0.2) is 9.59 Å². The molecule has 0 atom stereocenters. The number of carbonyl (C=O) groups is 2. The van der Waals surface area contributed by atoms with Crippen LogP contribution in [0.25, 0.3) is 0 Å². The van der Waals surface area contributed by atoms with Gasteiger partial charge < -0.3 is 9.47 Å². The van der Waals surface area contributed by atoms with E-state index < -0.39 is 12.2 Å². The van der Waals surface area contributed by atoms with Crippen LogP contribution < -0.4 is 9.47 Å². The van der Waals surface area contributed by atoms with E-state index in [0.29, 0.717) is 10.0 Å². The predicted molar refractivity (Wildman–Crippen MR) is 79.8 cm³/mol. The molecule has 2 aromatic rings. The monoisotopic (exact) mass is 338 g/mol. The maximum absolute atomic E-state index is 11.4. The Morgan fingerprint density at radius 3 is 1.32 bits per heavy atom. The van der Waals surface area contributed by atoms with Crippen LogP contribution in [0.15, 0.2) is 58.8 Å². The molecular weight excluding hydrogens is 331 g/mol. The highest BCUT2D eigenvalue weighted by molar-refractivity contribution is 6.30. The summed E-state index contributed by atoms with van der Waals surface area (Å²) in [5.74, 6) is 0.443. The zero-order valence-corrected chi connectivity index (χ0v) is 12.4. The van der Waals surface area contributed by atoms with E-state index in [-0.39, 0.29) is 11.5 Å². The minimum atomic E-state index is -1.06. The largest absolute Gasteiger partial charge is 0.458 e. The Balaban J connectivity index is 1.87. The van der Waals surface area contributed by atoms with Gasteiger partial charge >= 0.3 is 12.2 Å². The number of halogens is 2. The summed E-state index contributed by atoms with van der Waals surface area (Å²) < 4.78 is 9.60. The van der Waals surface area contributed by atoms with Crippen LogP contribution in [0.4, 0.5) is 9.59 Å². The van der Waals surface area contributed by atoms with Crippen LogP contribution >= 0.6 is 23.2 Å². The SMILES string of the molecule is O=C(N=NC(=O)Oc1ccc(Cl)cc1)Oc1ccc(Cl)cc1. The fourth-order valence-electron chi connectivity index (χ4n) is 1.33. The second-order valence-corrected chi connectivity index (χ2v) is 4.72. The van der Waals surface area contributed by atoms with Crippen molar-refractivity contribution in [2.24, 2.45) is 10.2 Å². The summed E-state index contributed by atoms with van der Waals surface area (Å²) in [6.07, 6.45) is -2.12. The molecule has 0 aliphatic carbocycles. The molecule has 2 aromatic carbocycles. The van der Waals surface area contributed by atoms with E-state index in [1.165, 1.54) is 48.5 Å². The number of rotatable bonds is 2. The van der Waals surface area contributed by atoms with Gasteiger partial charge in [0, 0.05) is 10.0 Å². The van der Waals surface area contributed by atoms with Gasteiger partial charge in [-0.15, -0.1) is 0 Å². The first-order valence-corrected chi connectivity index (χ1v) is 6.65. The van der Waals surface area contributed by atoms with Crippen LogP contribution in [0.1, 0.15) is 0 Å². The van der Waals surface area contributed by atoms with E-state index in [0.717, 1.165) is 0 Å². The zero-order valence-electron chi connectivity index (χ0n) is 10.9. The number of carbonyl (C=O) groups excluding carboxylic acids is 2. The molecule has 0 unspecified atom stereocenters. The highest BCUT2D eigenvalue weighted by Gasteiger charge is 2.07. The molecule has 2 rings (SSSR count). The molecule has 2 amide bonds. The molecule has 0 radical (unpaired) electrons. The van der Waals surface area contributed by atoms with Gasteiger partial charge in [0.05, 0.1) is 0 Å². The summed E-state index contributed by atoms with van der Waals surface area (Å²) in [4.78, 5) is 22.7. The number of nitrogens with zero attached hydrogens (tertiary/aromatic N) is 2. The third-order valence-corrected chi connectivity index (χ3v) is 2.75. The van der Waals surface area contributed by atoms with Crippen LogP contribution in [0.3, 0.4) is 0 Å². The molecular formula is C14H8Cl2N2O4. The summed E-state index contributed by atoms with van der Waals surface area (Å²) in [7, 11) is 0. The Hall–Kier alpha value is -2.44. The molecule has 0 saturated carbocycles. The Bertz CT molecular complexity index is 638. The molecule has 6 nitrogen and oxygen atoms in total. The van der Waals surface area contributed by atoms with Crippen molar-refractivity contribution >= 4 is 35.4 Å². The molecule has 0 aromatic heterocycles. The van der Waals surface area contributed by atoms with Crippen molar-refractivity contribution in [1.29, 1.82) is 0 Å². The summed E-state index contributed by atoms with van der Waals surface area (Å²) in [5, 5.41) is 7.16. The van der Waals surface area contributed by atoms with Gasteiger partial charge in [-0.1, -0.05) is 33.4 Å². The van der Waals surface area contributed by atoms with Gasteiger partial charge in [-0.05, 0) is 48.5 Å². The number of amides is 2. The third kappa shape index (κ3) is 5.16. The van der Waals surface area contributed by atoms with Crippen molar-refractivity contribution in [2.45, 2.75) is 0 Å². The molecule has 0 spiro atoms. The van der Waals surface area contributed by atoms with E-state index in [1.54, 1.807) is 0 Å². The van der Waals surface area contributed by atoms with E-state index in [2.05, 4.69) is 10.2 Å². The highest BCUT2D eigenvalue weighted by atomic mass is 35.5. The fourth-order valence-corrected chi connectivity index (χ4v) is 1.58. The van der Waals surface area contributed by atoms with Gasteiger partial charge in [-0.2, -0.15) is 0 Å². The molecule has 0 N–H and O–H groups in total. The molecule has 112 valence electrons. The summed E-state index contributed by atoms with van der Waals surface area (Å²) in [5.41, 5.74) is 0. The number of hydrogen-bond donors (Lipinski definition) is 0. The Morgan fingerprint density at radius 1 is 0.682 bits per heavy atom. The Kier molecular flexibility index (Phi) is 5.46. The van der Waals surface area contributed by atoms with Crippen LogP contribution in [-0.2, 0) is 0 Å². The van der Waals surface area contributed by atoms with Crippen molar-refractivity contribution < 1.29 is 19.1 Å².